The van der Waals surface area contributed by atoms with Gasteiger partial charge in [0.1, 0.15) is 43.2 Å². The molecule has 0 spiro atoms. The van der Waals surface area contributed by atoms with Gasteiger partial charge in [-0.3, -0.25) is 18.6 Å². The number of esters is 2. The number of ether oxygens (including phenoxy) is 2. The molecule has 1 saturated carbocycles. The molecule has 1 aliphatic carbocycles. The van der Waals surface area contributed by atoms with Gasteiger partial charge in [0.2, 0.25) is 0 Å². The molecule has 0 aromatic heterocycles. The van der Waals surface area contributed by atoms with E-state index < -0.39 is 75.7 Å². The van der Waals surface area contributed by atoms with Crippen LogP contribution in [0.4, 0.5) is 0 Å². The SMILES string of the molecule is CCCCCC=CCC=CCC=CCCCCCCCCC(=O)OC[C@H](COP(=O)(O)OC1C(O)C(O)C(O)[C@@H](O)C1O)OC(=O)CCCCCCCC=CCC=CCCCCC. The summed E-state index contributed by atoms with van der Waals surface area (Å²) in [4.78, 5) is 35.7. The highest BCUT2D eigenvalue weighted by Crippen LogP contribution is 2.47. The Morgan fingerprint density at radius 2 is 0.857 bits per heavy atom. The van der Waals surface area contributed by atoms with Crippen LogP contribution in [0, 0.1) is 0 Å². The number of hydrogen-bond donors (Lipinski definition) is 6. The first-order valence-corrected chi connectivity index (χ1v) is 25.6. The van der Waals surface area contributed by atoms with E-state index in [1.165, 1.54) is 44.9 Å². The van der Waals surface area contributed by atoms with Crippen molar-refractivity contribution < 1.29 is 63.1 Å². The number of carbonyl (C=O) groups excluding carboxylic acids is 2. The van der Waals surface area contributed by atoms with E-state index in [9.17, 15) is 44.6 Å². The van der Waals surface area contributed by atoms with Crippen LogP contribution in [0.1, 0.15) is 181 Å². The normalized spacial score (nSPS) is 22.2. The Labute approximate surface area is 379 Å². The Hall–Kier alpha value is -2.45. The summed E-state index contributed by atoms with van der Waals surface area (Å²) in [6, 6.07) is 0. The summed E-state index contributed by atoms with van der Waals surface area (Å²) in [6.45, 7) is 3.22. The van der Waals surface area contributed by atoms with Crippen LogP contribution >= 0.6 is 7.82 Å². The predicted octanol–water partition coefficient (Wildman–Crippen LogP) is 9.73. The zero-order valence-electron chi connectivity index (χ0n) is 38.6. The minimum absolute atomic E-state index is 0.0752. The molecular weight excluding hydrogens is 827 g/mol. The Morgan fingerprint density at radius 3 is 1.30 bits per heavy atom. The average molecular weight is 913 g/mol. The fourth-order valence-corrected chi connectivity index (χ4v) is 7.88. The van der Waals surface area contributed by atoms with E-state index in [1.54, 1.807) is 0 Å². The monoisotopic (exact) mass is 913 g/mol. The van der Waals surface area contributed by atoms with E-state index in [4.69, 9.17) is 18.5 Å². The summed E-state index contributed by atoms with van der Waals surface area (Å²) in [6.07, 6.45) is 34.0. The highest BCUT2D eigenvalue weighted by Gasteiger charge is 2.51. The zero-order chi connectivity index (χ0) is 46.4. The van der Waals surface area contributed by atoms with Crippen molar-refractivity contribution in [2.75, 3.05) is 13.2 Å². The largest absolute Gasteiger partial charge is 0.472 e. The first kappa shape index (κ1) is 58.6. The van der Waals surface area contributed by atoms with Gasteiger partial charge in [0, 0.05) is 12.8 Å². The topological polar surface area (TPSA) is 210 Å². The van der Waals surface area contributed by atoms with Crippen LogP contribution in [0.15, 0.2) is 60.8 Å². The Kier molecular flexibility index (Phi) is 36.1. The Balaban J connectivity index is 2.46. The van der Waals surface area contributed by atoms with Gasteiger partial charge in [0.15, 0.2) is 6.10 Å². The Bertz CT molecular complexity index is 1330. The van der Waals surface area contributed by atoms with Crippen molar-refractivity contribution >= 4 is 19.8 Å². The van der Waals surface area contributed by atoms with Crippen LogP contribution in [-0.2, 0) is 32.7 Å². The molecule has 0 aromatic carbocycles. The lowest BCUT2D eigenvalue weighted by atomic mass is 9.85. The van der Waals surface area contributed by atoms with Crippen LogP contribution in [0.5, 0.6) is 0 Å². The molecule has 1 fully saturated rings. The van der Waals surface area contributed by atoms with Crippen LogP contribution in [0.3, 0.4) is 0 Å². The maximum atomic E-state index is 12.8. The van der Waals surface area contributed by atoms with Gasteiger partial charge < -0.3 is 39.9 Å². The van der Waals surface area contributed by atoms with Gasteiger partial charge in [-0.1, -0.05) is 145 Å². The number of allylic oxidation sites excluding steroid dienone is 10. The maximum Gasteiger partial charge on any atom is 0.472 e. The number of rotatable bonds is 39. The highest BCUT2D eigenvalue weighted by molar-refractivity contribution is 7.47. The molecule has 1 aliphatic rings. The van der Waals surface area contributed by atoms with Gasteiger partial charge in [-0.15, -0.1) is 0 Å². The molecule has 0 aliphatic heterocycles. The fraction of sp³-hybridized carbons (Fsp3) is 0.755. The number of aliphatic hydroxyl groups is 5. The summed E-state index contributed by atoms with van der Waals surface area (Å²) in [5.74, 6) is -1.13. The molecule has 8 atom stereocenters. The molecule has 1 rings (SSSR count). The quantitative estimate of drug-likeness (QED) is 0.0147. The Morgan fingerprint density at radius 1 is 0.492 bits per heavy atom. The lowest BCUT2D eigenvalue weighted by molar-refractivity contribution is -0.220. The van der Waals surface area contributed by atoms with Gasteiger partial charge >= 0.3 is 19.8 Å². The first-order valence-electron chi connectivity index (χ1n) is 24.1. The van der Waals surface area contributed by atoms with E-state index in [0.717, 1.165) is 96.3 Å². The molecule has 0 radical (unpaired) electrons. The van der Waals surface area contributed by atoms with Crippen LogP contribution in [-0.4, -0.2) is 98.3 Å². The van der Waals surface area contributed by atoms with E-state index in [2.05, 4.69) is 74.6 Å². The predicted molar refractivity (Wildman–Crippen MR) is 249 cm³/mol. The van der Waals surface area contributed by atoms with Gasteiger partial charge in [-0.2, -0.15) is 0 Å². The molecule has 6 unspecified atom stereocenters. The van der Waals surface area contributed by atoms with Gasteiger partial charge in [0.05, 0.1) is 6.61 Å². The molecule has 0 bridgehead atoms. The summed E-state index contributed by atoms with van der Waals surface area (Å²) < 4.78 is 33.5. The molecule has 0 amide bonds. The van der Waals surface area contributed by atoms with Gasteiger partial charge in [0.25, 0.3) is 0 Å². The molecule has 63 heavy (non-hydrogen) atoms. The molecule has 0 saturated heterocycles. The van der Waals surface area contributed by atoms with Crippen molar-refractivity contribution in [2.45, 2.75) is 224 Å². The first-order chi connectivity index (χ1) is 30.4. The van der Waals surface area contributed by atoms with Crippen molar-refractivity contribution in [3.63, 3.8) is 0 Å². The minimum Gasteiger partial charge on any atom is -0.462 e. The van der Waals surface area contributed by atoms with E-state index in [0.29, 0.717) is 12.8 Å². The third kappa shape index (κ3) is 31.2. The third-order valence-electron chi connectivity index (χ3n) is 10.8. The standard InChI is InChI=1S/C49H85O13P/c1-3-5-7-9-11-13-15-17-19-20-21-22-24-25-27-29-31-33-35-37-42(50)59-39-41(40-60-63(57,58)62-49-47(55)45(53)44(52)46(54)48(49)56)61-43(51)38-36-34-32-30-28-26-23-18-16-14-12-10-8-6-4-2/h11-14,17-19,21-23,41,44-49,52-56H,3-10,15-16,20,24-40H2,1-2H3,(H,57,58)/t41-,44?,45-,46?,47?,48?,49?/m1/s1. The lowest BCUT2D eigenvalue weighted by Gasteiger charge is -2.41. The second-order valence-electron chi connectivity index (χ2n) is 16.6. The number of unbranched alkanes of at least 4 members (excludes halogenated alkanes) is 17. The summed E-state index contributed by atoms with van der Waals surface area (Å²) >= 11 is 0. The van der Waals surface area contributed by atoms with Crippen molar-refractivity contribution in [3.05, 3.63) is 60.8 Å². The summed E-state index contributed by atoms with van der Waals surface area (Å²) in [5, 5.41) is 50.2. The summed E-state index contributed by atoms with van der Waals surface area (Å²) in [5.41, 5.74) is 0. The number of aliphatic hydroxyl groups excluding tert-OH is 5. The minimum atomic E-state index is -5.13. The zero-order valence-corrected chi connectivity index (χ0v) is 39.5. The molecule has 13 nitrogen and oxygen atoms in total. The smallest absolute Gasteiger partial charge is 0.462 e. The van der Waals surface area contributed by atoms with Crippen molar-refractivity contribution in [2.24, 2.45) is 0 Å². The van der Waals surface area contributed by atoms with Crippen molar-refractivity contribution in [3.8, 4) is 0 Å². The maximum absolute atomic E-state index is 12.8. The van der Waals surface area contributed by atoms with Crippen LogP contribution in [0.25, 0.3) is 0 Å². The second kappa shape index (κ2) is 38.8. The van der Waals surface area contributed by atoms with Gasteiger partial charge in [-0.05, 0) is 83.5 Å². The third-order valence-corrected chi connectivity index (χ3v) is 11.8. The molecule has 14 heteroatoms. The summed E-state index contributed by atoms with van der Waals surface area (Å²) in [7, 11) is -5.13. The lowest BCUT2D eigenvalue weighted by Crippen LogP contribution is -2.64. The molecule has 364 valence electrons. The van der Waals surface area contributed by atoms with E-state index >= 15 is 0 Å². The van der Waals surface area contributed by atoms with Crippen molar-refractivity contribution in [1.82, 2.24) is 0 Å². The fourth-order valence-electron chi connectivity index (χ4n) is 6.91. The molecular formula is C49H85O13P. The molecule has 0 aromatic rings. The van der Waals surface area contributed by atoms with Crippen LogP contribution in [0.2, 0.25) is 0 Å². The number of phosphoric acid groups is 1. The number of hydrogen-bond acceptors (Lipinski definition) is 12. The second-order valence-corrected chi connectivity index (χ2v) is 18.0. The highest BCUT2D eigenvalue weighted by atomic mass is 31.2. The van der Waals surface area contributed by atoms with E-state index in [-0.39, 0.29) is 12.8 Å². The van der Waals surface area contributed by atoms with E-state index in [1.807, 2.05) is 0 Å². The average Bonchev–Trinajstić information content (AvgIpc) is 3.26. The van der Waals surface area contributed by atoms with Crippen molar-refractivity contribution in [1.29, 1.82) is 0 Å². The number of phosphoric ester groups is 1. The van der Waals surface area contributed by atoms with Crippen LogP contribution < -0.4 is 0 Å². The molecule has 0 heterocycles. The number of carbonyl (C=O) groups is 2. The van der Waals surface area contributed by atoms with Gasteiger partial charge in [-0.25, -0.2) is 4.57 Å². The molecule has 6 N–H and O–H groups in total.